The number of aromatic hydroxyl groups is 2. The molecule has 6 nitrogen and oxygen atoms in total. The van der Waals surface area contributed by atoms with Gasteiger partial charge in [-0.25, -0.2) is 0 Å². The van der Waals surface area contributed by atoms with Gasteiger partial charge in [-0.1, -0.05) is 17.7 Å². The second-order valence-electron chi connectivity index (χ2n) is 9.20. The Hall–Kier alpha value is -2.99. The summed E-state index contributed by atoms with van der Waals surface area (Å²) < 4.78 is 12.2. The molecule has 164 valence electrons. The number of hydrogen-bond donors (Lipinski definition) is 3. The first-order valence-electron chi connectivity index (χ1n) is 10.4. The van der Waals surface area contributed by atoms with E-state index in [-0.39, 0.29) is 35.0 Å². The fourth-order valence-electron chi connectivity index (χ4n) is 4.36. The van der Waals surface area contributed by atoms with Crippen molar-refractivity contribution in [2.45, 2.75) is 52.7 Å². The van der Waals surface area contributed by atoms with E-state index in [1.54, 1.807) is 32.9 Å². The predicted molar refractivity (Wildman–Crippen MR) is 116 cm³/mol. The number of phenols is 2. The Morgan fingerprint density at radius 1 is 1.23 bits per heavy atom. The van der Waals surface area contributed by atoms with Crippen molar-refractivity contribution < 1.29 is 29.6 Å². The summed E-state index contributed by atoms with van der Waals surface area (Å²) in [5, 5.41) is 32.5. The standard InChI is InChI=1S/C25H28O6/c1-12(2)6-7-14-8-9-17-19(21(14)27)22(28)18-16(26)10-13(3)23-20(18)24(31-17)15(11-30-23)25(4,5)29/h6,8-10,15,24,26-27,29H,7,11H2,1-5H3/t15-,24-/m0/s1. The van der Waals surface area contributed by atoms with E-state index in [0.717, 1.165) is 5.57 Å². The second kappa shape index (κ2) is 7.31. The van der Waals surface area contributed by atoms with Crippen LogP contribution in [0.5, 0.6) is 23.0 Å². The van der Waals surface area contributed by atoms with Crippen molar-refractivity contribution in [1.82, 2.24) is 0 Å². The summed E-state index contributed by atoms with van der Waals surface area (Å²) in [6.07, 6.45) is 1.70. The van der Waals surface area contributed by atoms with Gasteiger partial charge in [-0.05, 0) is 64.3 Å². The van der Waals surface area contributed by atoms with Gasteiger partial charge in [-0.2, -0.15) is 0 Å². The van der Waals surface area contributed by atoms with Crippen LogP contribution in [0.4, 0.5) is 0 Å². The number of fused-ring (bicyclic) bond motifs is 1. The molecule has 2 aromatic carbocycles. The number of carbonyl (C=O) groups excluding carboxylic acids is 1. The van der Waals surface area contributed by atoms with Gasteiger partial charge in [-0.15, -0.1) is 0 Å². The van der Waals surface area contributed by atoms with E-state index >= 15 is 0 Å². The molecule has 0 spiro atoms. The number of allylic oxidation sites excluding steroid dienone is 2. The maximum absolute atomic E-state index is 13.6. The molecule has 0 fully saturated rings. The highest BCUT2D eigenvalue weighted by molar-refractivity contribution is 6.16. The zero-order valence-corrected chi connectivity index (χ0v) is 18.4. The summed E-state index contributed by atoms with van der Waals surface area (Å²) in [4.78, 5) is 13.6. The zero-order valence-electron chi connectivity index (χ0n) is 18.4. The second-order valence-corrected chi connectivity index (χ2v) is 9.20. The first-order valence-corrected chi connectivity index (χ1v) is 10.4. The summed E-state index contributed by atoms with van der Waals surface area (Å²) in [7, 11) is 0. The van der Waals surface area contributed by atoms with Crippen molar-refractivity contribution in [1.29, 1.82) is 0 Å². The molecule has 0 amide bonds. The van der Waals surface area contributed by atoms with Crippen molar-refractivity contribution in [2.75, 3.05) is 6.61 Å². The summed E-state index contributed by atoms with van der Waals surface area (Å²) >= 11 is 0. The van der Waals surface area contributed by atoms with Crippen LogP contribution in [0, 0.1) is 12.8 Å². The average molecular weight is 424 g/mol. The summed E-state index contributed by atoms with van der Waals surface area (Å²) in [5.74, 6) is -0.675. The fraction of sp³-hybridized carbons (Fsp3) is 0.400. The lowest BCUT2D eigenvalue weighted by molar-refractivity contribution is -0.0677. The normalized spacial score (nSPS) is 19.5. The number of aliphatic hydroxyl groups is 1. The van der Waals surface area contributed by atoms with Gasteiger partial charge in [0.05, 0.1) is 29.3 Å². The largest absolute Gasteiger partial charge is 0.507 e. The minimum absolute atomic E-state index is 0.0184. The Morgan fingerprint density at radius 2 is 1.94 bits per heavy atom. The molecule has 3 N–H and O–H groups in total. The maximum Gasteiger partial charge on any atom is 0.204 e. The number of benzene rings is 2. The molecular formula is C25H28O6. The number of carbonyl (C=O) groups is 1. The van der Waals surface area contributed by atoms with Crippen LogP contribution < -0.4 is 9.47 Å². The minimum atomic E-state index is -1.17. The smallest absolute Gasteiger partial charge is 0.204 e. The number of ketones is 1. The molecule has 0 bridgehead atoms. The first-order chi connectivity index (χ1) is 14.5. The molecule has 0 saturated heterocycles. The SMILES string of the molecule is CC(C)=CCc1ccc2c(c1O)C(=O)c1c(O)cc(C)c3c1[C@@H](O2)[C@@H](C(C)(C)O)CO3. The van der Waals surface area contributed by atoms with E-state index in [4.69, 9.17) is 9.47 Å². The molecule has 0 unspecified atom stereocenters. The van der Waals surface area contributed by atoms with Gasteiger partial charge in [-0.3, -0.25) is 4.79 Å². The van der Waals surface area contributed by atoms with Crippen molar-refractivity contribution in [3.8, 4) is 23.0 Å². The van der Waals surface area contributed by atoms with E-state index in [0.29, 0.717) is 28.9 Å². The van der Waals surface area contributed by atoms with Crippen LogP contribution in [0.25, 0.3) is 0 Å². The van der Waals surface area contributed by atoms with Crippen LogP contribution in [0.15, 0.2) is 29.8 Å². The van der Waals surface area contributed by atoms with Gasteiger partial charge in [0.1, 0.15) is 34.7 Å². The number of aryl methyl sites for hydroxylation is 1. The molecule has 31 heavy (non-hydrogen) atoms. The number of rotatable bonds is 3. The molecule has 2 aliphatic heterocycles. The first kappa shape index (κ1) is 21.2. The van der Waals surface area contributed by atoms with Crippen molar-refractivity contribution in [3.05, 3.63) is 57.7 Å². The van der Waals surface area contributed by atoms with Gasteiger partial charge in [0.15, 0.2) is 0 Å². The Morgan fingerprint density at radius 3 is 2.58 bits per heavy atom. The Bertz CT molecular complexity index is 1100. The molecule has 2 aliphatic rings. The molecule has 6 heteroatoms. The highest BCUT2D eigenvalue weighted by Crippen LogP contribution is 2.52. The molecule has 0 radical (unpaired) electrons. The van der Waals surface area contributed by atoms with Crippen molar-refractivity contribution in [3.63, 3.8) is 0 Å². The van der Waals surface area contributed by atoms with Crippen LogP contribution >= 0.6 is 0 Å². The highest BCUT2D eigenvalue weighted by Gasteiger charge is 2.47. The van der Waals surface area contributed by atoms with E-state index in [9.17, 15) is 20.1 Å². The third kappa shape index (κ3) is 3.45. The zero-order chi connectivity index (χ0) is 22.7. The Labute approximate surface area is 181 Å². The molecule has 0 saturated carbocycles. The molecule has 2 heterocycles. The van der Waals surface area contributed by atoms with Crippen LogP contribution in [-0.4, -0.2) is 33.3 Å². The average Bonchev–Trinajstić information content (AvgIpc) is 2.79. The quantitative estimate of drug-likeness (QED) is 0.634. The van der Waals surface area contributed by atoms with E-state index in [2.05, 4.69) is 0 Å². The van der Waals surface area contributed by atoms with Crippen molar-refractivity contribution >= 4 is 5.78 Å². The number of ether oxygens (including phenoxy) is 2. The lowest BCUT2D eigenvalue weighted by Gasteiger charge is -2.40. The lowest BCUT2D eigenvalue weighted by atomic mass is 9.79. The maximum atomic E-state index is 13.6. The van der Waals surface area contributed by atoms with E-state index in [1.807, 2.05) is 19.9 Å². The predicted octanol–water partition coefficient (Wildman–Crippen LogP) is 4.36. The monoisotopic (exact) mass is 424 g/mol. The third-order valence-corrected chi connectivity index (χ3v) is 6.11. The van der Waals surface area contributed by atoms with Gasteiger partial charge in [0.25, 0.3) is 0 Å². The molecule has 2 atom stereocenters. The summed E-state index contributed by atoms with van der Waals surface area (Å²) in [5.41, 5.74) is 1.68. The van der Waals surface area contributed by atoms with Crippen LogP contribution in [-0.2, 0) is 6.42 Å². The third-order valence-electron chi connectivity index (χ3n) is 6.11. The summed E-state index contributed by atoms with van der Waals surface area (Å²) in [6, 6.07) is 4.90. The molecular weight excluding hydrogens is 396 g/mol. The molecule has 0 aliphatic carbocycles. The molecule has 2 aromatic rings. The van der Waals surface area contributed by atoms with Crippen LogP contribution in [0.1, 0.15) is 66.4 Å². The summed E-state index contributed by atoms with van der Waals surface area (Å²) in [6.45, 7) is 9.24. The van der Waals surface area contributed by atoms with Gasteiger partial charge >= 0.3 is 0 Å². The molecule has 0 aromatic heterocycles. The fourth-order valence-corrected chi connectivity index (χ4v) is 4.36. The van der Waals surface area contributed by atoms with E-state index < -0.39 is 23.4 Å². The van der Waals surface area contributed by atoms with Crippen LogP contribution in [0.3, 0.4) is 0 Å². The number of phenolic OH excluding ortho intramolecular Hbond substituents is 2. The minimum Gasteiger partial charge on any atom is -0.507 e. The Kier molecular flexibility index (Phi) is 5.01. The van der Waals surface area contributed by atoms with Gasteiger partial charge < -0.3 is 24.8 Å². The molecule has 4 rings (SSSR count). The Balaban J connectivity index is 1.98. The van der Waals surface area contributed by atoms with E-state index in [1.165, 1.54) is 6.07 Å². The number of hydrogen-bond acceptors (Lipinski definition) is 6. The van der Waals surface area contributed by atoms with Crippen molar-refractivity contribution in [2.24, 2.45) is 5.92 Å². The van der Waals surface area contributed by atoms with Gasteiger partial charge in [0.2, 0.25) is 5.78 Å². The van der Waals surface area contributed by atoms with Gasteiger partial charge in [0, 0.05) is 0 Å². The lowest BCUT2D eigenvalue weighted by Crippen LogP contribution is -2.44. The van der Waals surface area contributed by atoms with Crippen LogP contribution in [0.2, 0.25) is 0 Å². The highest BCUT2D eigenvalue weighted by atomic mass is 16.5. The topological polar surface area (TPSA) is 96.2 Å².